The Hall–Kier alpha value is -1.44. The van der Waals surface area contributed by atoms with Crippen molar-refractivity contribution < 1.29 is 13.2 Å². The number of carbonyl (C=O) groups is 1. The third-order valence-corrected chi connectivity index (χ3v) is 6.22. The van der Waals surface area contributed by atoms with Crippen molar-refractivity contribution in [3.63, 3.8) is 0 Å². The van der Waals surface area contributed by atoms with E-state index in [-0.39, 0.29) is 17.7 Å². The smallest absolute Gasteiger partial charge is 0.264 e. The van der Waals surface area contributed by atoms with E-state index in [9.17, 15) is 13.2 Å². The standard InChI is InChI=1S/C16H20N2O3S2/c1-18(11-7-8-17-9-11)16(19)15-13(10-23(2,20)21)12-5-3-4-6-14(12)22-15/h3-6,11,17H,7-10H2,1-2H3/t11-/m1/s1. The zero-order valence-corrected chi connectivity index (χ0v) is 14.8. The first-order chi connectivity index (χ1) is 10.9. The van der Waals surface area contributed by atoms with E-state index >= 15 is 0 Å². The molecule has 1 N–H and O–H groups in total. The molecule has 5 nitrogen and oxygen atoms in total. The number of hydrogen-bond donors (Lipinski definition) is 1. The molecule has 3 rings (SSSR count). The van der Waals surface area contributed by atoms with Crippen LogP contribution in [0.1, 0.15) is 21.7 Å². The molecule has 2 heterocycles. The fourth-order valence-corrected chi connectivity index (χ4v) is 5.09. The van der Waals surface area contributed by atoms with Gasteiger partial charge in [-0.1, -0.05) is 18.2 Å². The Morgan fingerprint density at radius 1 is 1.39 bits per heavy atom. The van der Waals surface area contributed by atoms with E-state index in [0.29, 0.717) is 10.4 Å². The van der Waals surface area contributed by atoms with Gasteiger partial charge in [0, 0.05) is 30.6 Å². The lowest BCUT2D eigenvalue weighted by atomic mass is 10.1. The second-order valence-corrected chi connectivity index (χ2v) is 9.23. The van der Waals surface area contributed by atoms with E-state index in [1.807, 2.05) is 24.3 Å². The Morgan fingerprint density at radius 2 is 2.13 bits per heavy atom. The summed E-state index contributed by atoms with van der Waals surface area (Å²) in [5, 5.41) is 4.12. The molecule has 0 bridgehead atoms. The predicted molar refractivity (Wildman–Crippen MR) is 93.7 cm³/mol. The van der Waals surface area contributed by atoms with Crippen molar-refractivity contribution in [2.75, 3.05) is 26.4 Å². The number of carbonyl (C=O) groups excluding carboxylic acids is 1. The van der Waals surface area contributed by atoms with E-state index in [1.165, 1.54) is 17.6 Å². The fourth-order valence-electron chi connectivity index (χ4n) is 2.97. The first-order valence-corrected chi connectivity index (χ1v) is 10.4. The van der Waals surface area contributed by atoms with Crippen LogP contribution in [0.3, 0.4) is 0 Å². The van der Waals surface area contributed by atoms with Crippen molar-refractivity contribution in [3.8, 4) is 0 Å². The highest BCUT2D eigenvalue weighted by atomic mass is 32.2. The largest absolute Gasteiger partial charge is 0.337 e. The zero-order chi connectivity index (χ0) is 16.6. The highest BCUT2D eigenvalue weighted by Crippen LogP contribution is 2.33. The van der Waals surface area contributed by atoms with Gasteiger partial charge in [-0.25, -0.2) is 8.42 Å². The van der Waals surface area contributed by atoms with Crippen molar-refractivity contribution >= 4 is 37.2 Å². The van der Waals surface area contributed by atoms with Crippen LogP contribution in [-0.2, 0) is 15.6 Å². The van der Waals surface area contributed by atoms with Crippen LogP contribution in [0.4, 0.5) is 0 Å². The van der Waals surface area contributed by atoms with E-state index in [0.717, 1.165) is 29.6 Å². The van der Waals surface area contributed by atoms with Crippen LogP contribution in [0.25, 0.3) is 10.1 Å². The van der Waals surface area contributed by atoms with Crippen LogP contribution < -0.4 is 5.32 Å². The third-order valence-electron chi connectivity index (χ3n) is 4.20. The maximum Gasteiger partial charge on any atom is 0.264 e. The van der Waals surface area contributed by atoms with Crippen molar-refractivity contribution in [1.82, 2.24) is 10.2 Å². The summed E-state index contributed by atoms with van der Waals surface area (Å²) in [5.41, 5.74) is 0.635. The Kier molecular flexibility index (Phi) is 4.44. The molecule has 1 aliphatic heterocycles. The van der Waals surface area contributed by atoms with Crippen LogP contribution >= 0.6 is 11.3 Å². The molecule has 1 aromatic carbocycles. The highest BCUT2D eigenvalue weighted by molar-refractivity contribution is 7.89. The molecule has 1 saturated heterocycles. The van der Waals surface area contributed by atoms with E-state index in [4.69, 9.17) is 0 Å². The molecular weight excluding hydrogens is 332 g/mol. The minimum absolute atomic E-state index is 0.0847. The Morgan fingerprint density at radius 3 is 2.78 bits per heavy atom. The molecule has 1 aliphatic rings. The second kappa shape index (κ2) is 6.22. The molecule has 0 saturated carbocycles. The van der Waals surface area contributed by atoms with Crippen molar-refractivity contribution in [2.45, 2.75) is 18.2 Å². The Balaban J connectivity index is 2.05. The number of nitrogens with one attached hydrogen (secondary N) is 1. The number of thiophene rings is 1. The topological polar surface area (TPSA) is 66.5 Å². The summed E-state index contributed by atoms with van der Waals surface area (Å²) in [6, 6.07) is 7.76. The summed E-state index contributed by atoms with van der Waals surface area (Å²) in [5.74, 6) is -0.187. The molecule has 1 aromatic heterocycles. The average molecular weight is 352 g/mol. The molecule has 0 radical (unpaired) electrons. The number of likely N-dealkylation sites (N-methyl/N-ethyl adjacent to an activating group) is 1. The molecule has 1 fully saturated rings. The molecule has 7 heteroatoms. The first-order valence-electron chi connectivity index (χ1n) is 7.53. The number of sulfone groups is 1. The summed E-state index contributed by atoms with van der Waals surface area (Å²) >= 11 is 1.38. The molecular formula is C16H20N2O3S2. The number of fused-ring (bicyclic) bond motifs is 1. The number of nitrogens with zero attached hydrogens (tertiary/aromatic N) is 1. The monoisotopic (exact) mass is 352 g/mol. The fraction of sp³-hybridized carbons (Fsp3) is 0.438. The lowest BCUT2D eigenvalue weighted by Gasteiger charge is -2.23. The molecule has 0 unspecified atom stereocenters. The summed E-state index contributed by atoms with van der Waals surface area (Å²) < 4.78 is 24.6. The Labute approximate surface area is 140 Å². The first kappa shape index (κ1) is 16.4. The van der Waals surface area contributed by atoms with Crippen LogP contribution in [-0.4, -0.2) is 51.7 Å². The van der Waals surface area contributed by atoms with Gasteiger partial charge in [-0.3, -0.25) is 4.79 Å². The normalized spacial score (nSPS) is 18.4. The van der Waals surface area contributed by atoms with Gasteiger partial charge in [-0.2, -0.15) is 0 Å². The van der Waals surface area contributed by atoms with Gasteiger partial charge in [-0.15, -0.1) is 11.3 Å². The number of amides is 1. The maximum atomic E-state index is 12.9. The highest BCUT2D eigenvalue weighted by Gasteiger charge is 2.28. The second-order valence-electron chi connectivity index (χ2n) is 6.04. The molecule has 0 spiro atoms. The number of benzene rings is 1. The van der Waals surface area contributed by atoms with Gasteiger partial charge in [0.25, 0.3) is 5.91 Å². The minimum atomic E-state index is -3.22. The summed E-state index contributed by atoms with van der Waals surface area (Å²) in [7, 11) is -1.42. The van der Waals surface area contributed by atoms with Gasteiger partial charge >= 0.3 is 0 Å². The molecule has 1 amide bonds. The lowest BCUT2D eigenvalue weighted by Crippen LogP contribution is -2.38. The van der Waals surface area contributed by atoms with Crippen LogP contribution in [0, 0.1) is 0 Å². The third kappa shape index (κ3) is 3.41. The van der Waals surface area contributed by atoms with Gasteiger partial charge < -0.3 is 10.2 Å². The molecule has 124 valence electrons. The van der Waals surface area contributed by atoms with Gasteiger partial charge in [0.1, 0.15) is 0 Å². The number of rotatable bonds is 4. The SMILES string of the molecule is CN(C(=O)c1sc2ccccc2c1CS(C)(=O)=O)[C@@H]1CCNC1. The van der Waals surface area contributed by atoms with Crippen molar-refractivity contribution in [2.24, 2.45) is 0 Å². The summed E-state index contributed by atoms with van der Waals surface area (Å²) in [6.07, 6.45) is 2.13. The van der Waals surface area contributed by atoms with E-state index in [2.05, 4.69) is 5.32 Å². The molecule has 2 aromatic rings. The van der Waals surface area contributed by atoms with Crippen molar-refractivity contribution in [3.05, 3.63) is 34.7 Å². The number of hydrogen-bond acceptors (Lipinski definition) is 5. The van der Waals surface area contributed by atoms with Crippen molar-refractivity contribution in [1.29, 1.82) is 0 Å². The van der Waals surface area contributed by atoms with E-state index < -0.39 is 9.84 Å². The average Bonchev–Trinajstić information content (AvgIpc) is 3.13. The Bertz CT molecular complexity index is 836. The molecule has 0 aliphatic carbocycles. The predicted octanol–water partition coefficient (Wildman–Crippen LogP) is 1.88. The van der Waals surface area contributed by atoms with Gasteiger partial charge in [0.15, 0.2) is 9.84 Å². The van der Waals surface area contributed by atoms with Crippen LogP contribution in [0.2, 0.25) is 0 Å². The zero-order valence-electron chi connectivity index (χ0n) is 13.2. The molecule has 23 heavy (non-hydrogen) atoms. The lowest BCUT2D eigenvalue weighted by molar-refractivity contribution is 0.0748. The van der Waals surface area contributed by atoms with Gasteiger partial charge in [0.05, 0.1) is 10.6 Å². The minimum Gasteiger partial charge on any atom is -0.337 e. The van der Waals surface area contributed by atoms with E-state index in [1.54, 1.807) is 11.9 Å². The quantitative estimate of drug-likeness (QED) is 0.912. The molecule has 1 atom stereocenters. The van der Waals surface area contributed by atoms with Gasteiger partial charge in [-0.05, 0) is 30.0 Å². The summed E-state index contributed by atoms with van der Waals surface area (Å²) in [4.78, 5) is 15.2. The summed E-state index contributed by atoms with van der Waals surface area (Å²) in [6.45, 7) is 1.69. The van der Waals surface area contributed by atoms with Gasteiger partial charge in [0.2, 0.25) is 0 Å². The van der Waals surface area contributed by atoms with Crippen LogP contribution in [0.5, 0.6) is 0 Å². The van der Waals surface area contributed by atoms with Crippen LogP contribution in [0.15, 0.2) is 24.3 Å². The maximum absolute atomic E-state index is 12.9.